The van der Waals surface area contributed by atoms with Gasteiger partial charge in [0.25, 0.3) is 0 Å². The van der Waals surface area contributed by atoms with Crippen molar-refractivity contribution in [2.75, 3.05) is 13.2 Å². The Morgan fingerprint density at radius 1 is 0.696 bits per heavy atom. The maximum absolute atomic E-state index is 12.2. The molecule has 0 aromatic heterocycles. The number of unbranched alkanes of at least 4 members (excludes halogenated alkanes) is 2. The molecular weight excluding hydrogens is 612 g/mol. The fraction of sp³-hybridized carbons (Fsp3) is 0.645. The molecule has 1 rings (SSSR count). The highest BCUT2D eigenvalue weighted by atomic mass is 16.7. The molecule has 0 saturated carbocycles. The van der Waals surface area contributed by atoms with Crippen molar-refractivity contribution < 1.29 is 71.5 Å². The zero-order chi connectivity index (χ0) is 34.8. The Bertz CT molecular complexity index is 1130. The van der Waals surface area contributed by atoms with E-state index in [2.05, 4.69) is 0 Å². The summed E-state index contributed by atoms with van der Waals surface area (Å²) in [5, 5.41) is 0. The highest BCUT2D eigenvalue weighted by molar-refractivity contribution is 5.89. The summed E-state index contributed by atoms with van der Waals surface area (Å²) in [6.45, 7) is 7.65. The van der Waals surface area contributed by atoms with Gasteiger partial charge in [-0.05, 0) is 12.5 Å². The lowest BCUT2D eigenvalue weighted by Gasteiger charge is -2.45. The van der Waals surface area contributed by atoms with Crippen LogP contribution in [0, 0.1) is 0 Å². The average molecular weight is 657 g/mol. The van der Waals surface area contributed by atoms with Crippen molar-refractivity contribution in [2.24, 2.45) is 0 Å². The van der Waals surface area contributed by atoms with E-state index in [1.807, 2.05) is 6.92 Å². The Labute approximate surface area is 267 Å². The van der Waals surface area contributed by atoms with E-state index < -0.39 is 91.9 Å². The molecular formula is C31H44O15. The Hall–Kier alpha value is -4.11. The molecule has 0 aromatic rings. The number of carbonyl (C=O) groups is 7. The molecule has 1 saturated heterocycles. The lowest BCUT2D eigenvalue weighted by molar-refractivity contribution is -0.318. The number of allylic oxidation sites excluding steroid dienone is 3. The van der Waals surface area contributed by atoms with Crippen LogP contribution in [-0.2, 0) is 71.5 Å². The van der Waals surface area contributed by atoms with Gasteiger partial charge in [-0.25, -0.2) is 0 Å². The van der Waals surface area contributed by atoms with Gasteiger partial charge in [0.15, 0.2) is 36.5 Å². The van der Waals surface area contributed by atoms with Crippen LogP contribution in [0.3, 0.4) is 0 Å². The topological polar surface area (TPSA) is 193 Å². The van der Waals surface area contributed by atoms with Crippen LogP contribution in [0.15, 0.2) is 24.3 Å². The summed E-state index contributed by atoms with van der Waals surface area (Å²) in [6, 6.07) is 0. The third kappa shape index (κ3) is 15.8. The summed E-state index contributed by atoms with van der Waals surface area (Å²) in [6.07, 6.45) is -1.51. The van der Waals surface area contributed by atoms with Gasteiger partial charge in [0, 0.05) is 48.0 Å². The zero-order valence-electron chi connectivity index (χ0n) is 27.2. The molecule has 15 heteroatoms. The zero-order valence-corrected chi connectivity index (χ0v) is 27.2. The van der Waals surface area contributed by atoms with Crippen molar-refractivity contribution in [1.82, 2.24) is 0 Å². The predicted octanol–water partition coefficient (Wildman–Crippen LogP) is 2.21. The summed E-state index contributed by atoms with van der Waals surface area (Å²) in [5.74, 6) is -4.79. The Morgan fingerprint density at radius 2 is 1.28 bits per heavy atom. The first kappa shape index (κ1) is 39.9. The molecule has 46 heavy (non-hydrogen) atoms. The predicted molar refractivity (Wildman–Crippen MR) is 156 cm³/mol. The number of ether oxygens (including phenoxy) is 8. The third-order valence-electron chi connectivity index (χ3n) is 6.09. The largest absolute Gasteiger partial charge is 0.463 e. The lowest BCUT2D eigenvalue weighted by Crippen LogP contribution is -2.63. The number of esters is 6. The number of rotatable bonds is 18. The van der Waals surface area contributed by atoms with E-state index in [0.717, 1.165) is 60.8 Å². The number of carbonyl (C=O) groups excluding carboxylic acids is 7. The summed E-state index contributed by atoms with van der Waals surface area (Å²) in [7, 11) is 0. The van der Waals surface area contributed by atoms with E-state index >= 15 is 0 Å². The van der Waals surface area contributed by atoms with E-state index in [0.29, 0.717) is 6.42 Å². The van der Waals surface area contributed by atoms with E-state index in [9.17, 15) is 33.6 Å². The van der Waals surface area contributed by atoms with Crippen molar-refractivity contribution in [1.29, 1.82) is 0 Å². The Balaban J connectivity index is 3.62. The second kappa shape index (κ2) is 20.8. The van der Waals surface area contributed by atoms with Crippen LogP contribution in [0.4, 0.5) is 0 Å². The minimum Gasteiger partial charge on any atom is -0.463 e. The van der Waals surface area contributed by atoms with Crippen molar-refractivity contribution in [3.63, 3.8) is 0 Å². The Morgan fingerprint density at radius 3 is 1.83 bits per heavy atom. The number of hydrogen-bond acceptors (Lipinski definition) is 15. The first-order chi connectivity index (χ1) is 21.6. The summed E-state index contributed by atoms with van der Waals surface area (Å²) in [4.78, 5) is 83.8. The quantitative estimate of drug-likeness (QED) is 0.0685. The van der Waals surface area contributed by atoms with Gasteiger partial charge in [0.1, 0.15) is 25.4 Å². The number of ketones is 1. The third-order valence-corrected chi connectivity index (χ3v) is 6.09. The molecule has 0 bridgehead atoms. The van der Waals surface area contributed by atoms with E-state index in [-0.39, 0.29) is 5.78 Å². The minimum atomic E-state index is -1.63. The van der Waals surface area contributed by atoms with E-state index in [1.165, 1.54) is 24.3 Å². The first-order valence-corrected chi connectivity index (χ1v) is 14.8. The minimum absolute atomic E-state index is 0.119. The van der Waals surface area contributed by atoms with Crippen LogP contribution in [0.1, 0.15) is 74.1 Å². The summed E-state index contributed by atoms with van der Waals surface area (Å²) in [5.41, 5.74) is 0. The molecule has 15 nitrogen and oxygen atoms in total. The maximum atomic E-state index is 12.2. The lowest BCUT2D eigenvalue weighted by atomic mass is 9.98. The molecule has 0 amide bonds. The van der Waals surface area contributed by atoms with Crippen molar-refractivity contribution >= 4 is 41.6 Å². The smallest absolute Gasteiger partial charge is 0.303 e. The van der Waals surface area contributed by atoms with Gasteiger partial charge < -0.3 is 37.9 Å². The van der Waals surface area contributed by atoms with Gasteiger partial charge >= 0.3 is 35.8 Å². The van der Waals surface area contributed by atoms with Gasteiger partial charge in [0.2, 0.25) is 0 Å². The van der Waals surface area contributed by atoms with Crippen LogP contribution in [0.25, 0.3) is 0 Å². The molecule has 0 aliphatic carbocycles. The van der Waals surface area contributed by atoms with Crippen LogP contribution >= 0.6 is 0 Å². The second-order valence-corrected chi connectivity index (χ2v) is 10.3. The molecule has 1 fully saturated rings. The van der Waals surface area contributed by atoms with Crippen molar-refractivity contribution in [3.8, 4) is 0 Å². The van der Waals surface area contributed by atoms with Crippen LogP contribution in [-0.4, -0.2) is 97.7 Å². The molecule has 1 aliphatic heterocycles. The fourth-order valence-corrected chi connectivity index (χ4v) is 4.29. The normalized spacial score (nSPS) is 22.4. The summed E-state index contributed by atoms with van der Waals surface area (Å²) < 4.78 is 43.8. The molecule has 7 atom stereocenters. The molecule has 0 aromatic carbocycles. The van der Waals surface area contributed by atoms with Gasteiger partial charge in [-0.15, -0.1) is 0 Å². The summed E-state index contributed by atoms with van der Waals surface area (Å²) >= 11 is 0. The monoisotopic (exact) mass is 656 g/mol. The number of hydrogen-bond donors (Lipinski definition) is 0. The Kier molecular flexibility index (Phi) is 18.1. The van der Waals surface area contributed by atoms with Gasteiger partial charge in [-0.2, -0.15) is 0 Å². The van der Waals surface area contributed by atoms with Crippen LogP contribution in [0.2, 0.25) is 0 Å². The molecule has 0 unspecified atom stereocenters. The van der Waals surface area contributed by atoms with Gasteiger partial charge in [-0.1, -0.05) is 38.0 Å². The molecule has 1 heterocycles. The molecule has 1 aliphatic rings. The van der Waals surface area contributed by atoms with Crippen LogP contribution in [0.5, 0.6) is 0 Å². The van der Waals surface area contributed by atoms with Crippen molar-refractivity contribution in [3.05, 3.63) is 24.3 Å². The molecule has 0 spiro atoms. The maximum Gasteiger partial charge on any atom is 0.303 e. The fourth-order valence-electron chi connectivity index (χ4n) is 4.29. The van der Waals surface area contributed by atoms with Gasteiger partial charge in [-0.3, -0.25) is 33.6 Å². The SMILES string of the molecule is CCCCCC(=O)/C=C/C=C/[C@H](O[C@@H]1O[C@H](COC(C)=O)[C@H](OC(C)=O)[C@H](OC(C)=O)[C@H]1OC(C)=O)[C@@H](COC(C)=O)OC(C)=O. The highest BCUT2D eigenvalue weighted by Crippen LogP contribution is 2.31. The van der Waals surface area contributed by atoms with E-state index in [1.54, 1.807) is 0 Å². The highest BCUT2D eigenvalue weighted by Gasteiger charge is 2.53. The van der Waals surface area contributed by atoms with Gasteiger partial charge in [0.05, 0.1) is 0 Å². The van der Waals surface area contributed by atoms with Crippen molar-refractivity contribution in [2.45, 2.75) is 117 Å². The molecule has 0 N–H and O–H groups in total. The first-order valence-electron chi connectivity index (χ1n) is 14.8. The molecule has 258 valence electrons. The molecule has 0 radical (unpaired) electrons. The van der Waals surface area contributed by atoms with E-state index in [4.69, 9.17) is 37.9 Å². The second-order valence-electron chi connectivity index (χ2n) is 10.3. The average Bonchev–Trinajstić information content (AvgIpc) is 2.93. The van der Waals surface area contributed by atoms with Crippen LogP contribution < -0.4 is 0 Å². The standard InChI is InChI=1S/C31H44O15/c1-8-9-10-13-24(38)14-11-12-15-25(26(41-20(4)34)16-39-18(2)32)45-31-30(44-23(7)37)29(43-22(6)36)28(42-21(5)35)27(46-31)17-40-19(3)33/h11-12,14-15,25-31H,8-10,13,16-17H2,1-7H3/b14-11+,15-12+/t25-,26+,27+,28-,29-,30+,31+/m0/s1.